The fraction of sp³-hybridized carbons (Fsp3) is 0.350. The van der Waals surface area contributed by atoms with Crippen LogP contribution < -0.4 is 4.72 Å². The minimum Gasteiger partial charge on any atom is -0.207 e. The molecule has 0 aliphatic carbocycles. The van der Waals surface area contributed by atoms with E-state index in [4.69, 9.17) is 0 Å². The molecule has 0 saturated carbocycles. The summed E-state index contributed by atoms with van der Waals surface area (Å²) < 4.78 is 66.6. The maximum absolute atomic E-state index is 12.8. The van der Waals surface area contributed by atoms with Crippen LogP contribution in [-0.4, -0.2) is 34.2 Å². The van der Waals surface area contributed by atoms with Gasteiger partial charge in [-0.3, -0.25) is 0 Å². The number of nitrogens with zero attached hydrogens (tertiary/aromatic N) is 4. The Morgan fingerprint density at radius 1 is 1.03 bits per heavy atom. The molecule has 0 saturated heterocycles. The second kappa shape index (κ2) is 8.04. The quantitative estimate of drug-likeness (QED) is 0.638. The van der Waals surface area contributed by atoms with Gasteiger partial charge in [0.1, 0.15) is 0 Å². The molecule has 1 aromatic heterocycles. The first-order valence-corrected chi connectivity index (χ1v) is 10.8. The van der Waals surface area contributed by atoms with E-state index in [0.717, 1.165) is 12.1 Å². The lowest BCUT2D eigenvalue weighted by Crippen LogP contribution is -2.40. The minimum absolute atomic E-state index is 0.0287. The SMILES string of the molecule is Cn1nnc(-c2cc(S(=O)(=O)NC(C)(C)C)ccc2Cc2ccc(C(F)(F)F)cc2)n1. The van der Waals surface area contributed by atoms with E-state index in [2.05, 4.69) is 20.1 Å². The lowest BCUT2D eigenvalue weighted by atomic mass is 9.98. The topological polar surface area (TPSA) is 89.8 Å². The maximum Gasteiger partial charge on any atom is 0.416 e. The van der Waals surface area contributed by atoms with Gasteiger partial charge in [0.2, 0.25) is 15.8 Å². The Kier molecular flexibility index (Phi) is 5.94. The van der Waals surface area contributed by atoms with Crippen LogP contribution in [0.5, 0.6) is 0 Å². The normalized spacial score (nSPS) is 12.9. The van der Waals surface area contributed by atoms with Gasteiger partial charge in [-0.25, -0.2) is 13.1 Å². The third-order valence-corrected chi connectivity index (χ3v) is 6.01. The molecule has 3 aromatic rings. The van der Waals surface area contributed by atoms with Crippen LogP contribution in [0.1, 0.15) is 37.5 Å². The van der Waals surface area contributed by atoms with Gasteiger partial charge in [0.25, 0.3) is 0 Å². The highest BCUT2D eigenvalue weighted by atomic mass is 32.2. The number of hydrogen-bond acceptors (Lipinski definition) is 5. The zero-order valence-corrected chi connectivity index (χ0v) is 18.2. The molecular formula is C20H22F3N5O2S. The number of halogens is 3. The number of benzene rings is 2. The van der Waals surface area contributed by atoms with Crippen molar-refractivity contribution in [2.45, 2.75) is 43.8 Å². The van der Waals surface area contributed by atoms with Crippen LogP contribution in [0.15, 0.2) is 47.4 Å². The van der Waals surface area contributed by atoms with Gasteiger partial charge < -0.3 is 0 Å². The Hall–Kier alpha value is -2.79. The number of alkyl halides is 3. The van der Waals surface area contributed by atoms with E-state index in [1.165, 1.54) is 29.1 Å². The molecule has 0 spiro atoms. The Bertz CT molecular complexity index is 1180. The highest BCUT2D eigenvalue weighted by molar-refractivity contribution is 7.89. The Labute approximate surface area is 178 Å². The summed E-state index contributed by atoms with van der Waals surface area (Å²) in [7, 11) is -2.23. The second-order valence-electron chi connectivity index (χ2n) is 8.15. The van der Waals surface area contributed by atoms with Crippen LogP contribution in [0.25, 0.3) is 11.4 Å². The summed E-state index contributed by atoms with van der Waals surface area (Å²) in [6.45, 7) is 5.19. The molecule has 0 aliphatic heterocycles. The summed E-state index contributed by atoms with van der Waals surface area (Å²) in [6, 6.07) is 9.33. The van der Waals surface area contributed by atoms with Gasteiger partial charge in [0, 0.05) is 11.1 Å². The first kappa shape index (κ1) is 22.9. The molecule has 1 heterocycles. The maximum atomic E-state index is 12.8. The minimum atomic E-state index is -4.41. The highest BCUT2D eigenvalue weighted by Crippen LogP contribution is 2.30. The van der Waals surface area contributed by atoms with Crippen LogP contribution in [0, 0.1) is 0 Å². The largest absolute Gasteiger partial charge is 0.416 e. The van der Waals surface area contributed by atoms with Crippen LogP contribution in [-0.2, 0) is 29.7 Å². The van der Waals surface area contributed by atoms with Gasteiger partial charge in [-0.05, 0) is 67.8 Å². The van der Waals surface area contributed by atoms with Crippen LogP contribution in [0.3, 0.4) is 0 Å². The van der Waals surface area contributed by atoms with Crippen molar-refractivity contribution in [2.24, 2.45) is 7.05 Å². The van der Waals surface area contributed by atoms with Crippen LogP contribution >= 0.6 is 0 Å². The van der Waals surface area contributed by atoms with E-state index in [9.17, 15) is 21.6 Å². The molecule has 11 heteroatoms. The van der Waals surface area contributed by atoms with E-state index < -0.39 is 27.3 Å². The van der Waals surface area contributed by atoms with Gasteiger partial charge in [-0.1, -0.05) is 18.2 Å². The molecule has 0 fully saturated rings. The first-order valence-electron chi connectivity index (χ1n) is 9.32. The Balaban J connectivity index is 2.02. The molecule has 0 radical (unpaired) electrons. The molecule has 0 unspecified atom stereocenters. The third-order valence-electron chi connectivity index (χ3n) is 4.26. The summed E-state index contributed by atoms with van der Waals surface area (Å²) in [5.74, 6) is 0.220. The Morgan fingerprint density at radius 3 is 2.19 bits per heavy atom. The van der Waals surface area contributed by atoms with E-state index >= 15 is 0 Å². The fourth-order valence-electron chi connectivity index (χ4n) is 2.97. The summed E-state index contributed by atoms with van der Waals surface area (Å²) in [5, 5.41) is 11.9. The molecule has 2 aromatic carbocycles. The predicted molar refractivity (Wildman–Crippen MR) is 109 cm³/mol. The standard InChI is InChI=1S/C20H22F3N5O2S/c1-19(2,3)26-31(29,30)16-10-7-14(17(12-16)18-24-27-28(4)25-18)11-13-5-8-15(9-6-13)20(21,22)23/h5-10,12,26H,11H2,1-4H3. The number of aryl methyl sites for hydroxylation is 1. The van der Waals surface area contributed by atoms with Crippen LogP contribution in [0.2, 0.25) is 0 Å². The molecule has 31 heavy (non-hydrogen) atoms. The molecular weight excluding hydrogens is 431 g/mol. The average molecular weight is 453 g/mol. The molecule has 3 rings (SSSR count). The molecule has 0 aliphatic rings. The van der Waals surface area contributed by atoms with Crippen molar-refractivity contribution in [1.82, 2.24) is 24.9 Å². The monoisotopic (exact) mass is 453 g/mol. The zero-order chi connectivity index (χ0) is 23.0. The van der Waals surface area contributed by atoms with E-state index in [1.807, 2.05) is 0 Å². The van der Waals surface area contributed by atoms with Gasteiger partial charge in [0.05, 0.1) is 17.5 Å². The number of nitrogens with one attached hydrogen (secondary N) is 1. The van der Waals surface area contributed by atoms with E-state index in [-0.39, 0.29) is 17.1 Å². The zero-order valence-electron chi connectivity index (χ0n) is 17.4. The number of hydrogen-bond donors (Lipinski definition) is 1. The summed E-state index contributed by atoms with van der Waals surface area (Å²) in [6.07, 6.45) is -4.15. The van der Waals surface area contributed by atoms with Gasteiger partial charge in [0.15, 0.2) is 0 Å². The third kappa shape index (κ3) is 5.67. The van der Waals surface area contributed by atoms with Crippen molar-refractivity contribution in [3.8, 4) is 11.4 Å². The van der Waals surface area contributed by atoms with Crippen molar-refractivity contribution >= 4 is 10.0 Å². The number of aromatic nitrogens is 4. The second-order valence-corrected chi connectivity index (χ2v) is 9.83. The smallest absolute Gasteiger partial charge is 0.207 e. The average Bonchev–Trinajstić information content (AvgIpc) is 3.06. The lowest BCUT2D eigenvalue weighted by molar-refractivity contribution is -0.137. The predicted octanol–water partition coefficient (Wildman–Crippen LogP) is 3.56. The van der Waals surface area contributed by atoms with E-state index in [0.29, 0.717) is 16.7 Å². The Morgan fingerprint density at radius 2 is 1.68 bits per heavy atom. The molecule has 1 N–H and O–H groups in total. The van der Waals surface area contributed by atoms with Gasteiger partial charge >= 0.3 is 6.18 Å². The van der Waals surface area contributed by atoms with Crippen molar-refractivity contribution in [3.63, 3.8) is 0 Å². The van der Waals surface area contributed by atoms with Crippen molar-refractivity contribution < 1.29 is 21.6 Å². The molecule has 0 amide bonds. The lowest BCUT2D eigenvalue weighted by Gasteiger charge is -2.21. The summed E-state index contributed by atoms with van der Waals surface area (Å²) in [5.41, 5.74) is 0.304. The number of rotatable bonds is 5. The molecule has 166 valence electrons. The number of sulfonamides is 1. The van der Waals surface area contributed by atoms with Crippen molar-refractivity contribution in [1.29, 1.82) is 0 Å². The highest BCUT2D eigenvalue weighted by Gasteiger charge is 2.30. The van der Waals surface area contributed by atoms with Gasteiger partial charge in [-0.2, -0.15) is 18.0 Å². The van der Waals surface area contributed by atoms with Crippen molar-refractivity contribution in [2.75, 3.05) is 0 Å². The summed E-state index contributed by atoms with van der Waals surface area (Å²) in [4.78, 5) is 1.27. The molecule has 0 bridgehead atoms. The van der Waals surface area contributed by atoms with E-state index in [1.54, 1.807) is 33.9 Å². The molecule has 7 nitrogen and oxygen atoms in total. The number of tetrazole rings is 1. The molecule has 0 atom stereocenters. The summed E-state index contributed by atoms with van der Waals surface area (Å²) >= 11 is 0. The van der Waals surface area contributed by atoms with Crippen LogP contribution in [0.4, 0.5) is 13.2 Å². The van der Waals surface area contributed by atoms with Gasteiger partial charge in [-0.15, -0.1) is 10.2 Å². The van der Waals surface area contributed by atoms with Crippen molar-refractivity contribution in [3.05, 3.63) is 59.2 Å². The fourth-order valence-corrected chi connectivity index (χ4v) is 4.41. The first-order chi connectivity index (χ1) is 14.2.